The summed E-state index contributed by atoms with van der Waals surface area (Å²) < 4.78 is 6.57. The molecule has 1 aromatic carbocycles. The average molecular weight is 230 g/mol. The molecule has 0 atom stereocenters. The van der Waals surface area contributed by atoms with Crippen molar-refractivity contribution in [2.45, 2.75) is 19.8 Å². The van der Waals surface area contributed by atoms with Gasteiger partial charge in [-0.2, -0.15) is 5.10 Å². The number of aromatic nitrogens is 2. The number of para-hydroxylation sites is 1. The molecule has 0 aliphatic heterocycles. The molecule has 0 fully saturated rings. The van der Waals surface area contributed by atoms with Crippen molar-refractivity contribution in [3.63, 3.8) is 0 Å². The summed E-state index contributed by atoms with van der Waals surface area (Å²) in [6.07, 6.45) is 0. The summed E-state index contributed by atoms with van der Waals surface area (Å²) in [5.74, 6) is 0.726. The lowest BCUT2D eigenvalue weighted by molar-refractivity contribution is -0.121. The fraction of sp³-hybridized carbons (Fsp3) is 0.231. The van der Waals surface area contributed by atoms with Crippen LogP contribution in [0.15, 0.2) is 36.4 Å². The number of hydrogen-bond donors (Lipinski definition) is 0. The highest BCUT2D eigenvalue weighted by molar-refractivity contribution is 5.46. The van der Waals surface area contributed by atoms with Crippen molar-refractivity contribution < 1.29 is 9.53 Å². The zero-order valence-electron chi connectivity index (χ0n) is 9.83. The van der Waals surface area contributed by atoms with Crippen LogP contribution in [0.5, 0.6) is 5.88 Å². The molecule has 0 aliphatic carbocycles. The number of hydrogen-bond acceptors (Lipinski definition) is 3. The number of carbonyl (C=O) groups excluding carboxylic acids is 1. The van der Waals surface area contributed by atoms with E-state index in [4.69, 9.17) is 4.74 Å². The second-order valence-electron chi connectivity index (χ2n) is 4.02. The Hall–Kier alpha value is -2.10. The van der Waals surface area contributed by atoms with Crippen molar-refractivity contribution in [3.8, 4) is 11.6 Å². The van der Waals surface area contributed by atoms with E-state index in [-0.39, 0.29) is 5.92 Å². The Morgan fingerprint density at radius 3 is 2.59 bits per heavy atom. The minimum atomic E-state index is 0.286. The predicted molar refractivity (Wildman–Crippen MR) is 64.3 cm³/mol. The number of benzene rings is 1. The number of rotatable bonds is 4. The lowest BCUT2D eigenvalue weighted by Crippen LogP contribution is -2.01. The van der Waals surface area contributed by atoms with E-state index < -0.39 is 0 Å². The molecule has 0 spiro atoms. The number of ether oxygens (including phenoxy) is 1. The molecule has 2 aromatic rings. The fourth-order valence-corrected chi connectivity index (χ4v) is 1.55. The lowest BCUT2D eigenvalue weighted by Gasteiger charge is -2.04. The van der Waals surface area contributed by atoms with E-state index in [0.717, 1.165) is 11.4 Å². The predicted octanol–water partition coefficient (Wildman–Crippen LogP) is 2.53. The minimum absolute atomic E-state index is 0.286. The van der Waals surface area contributed by atoms with Gasteiger partial charge in [-0.05, 0) is 18.1 Å². The maximum Gasteiger partial charge on any atom is 0.299 e. The summed E-state index contributed by atoms with van der Waals surface area (Å²) in [6, 6.07) is 11.4. The van der Waals surface area contributed by atoms with Gasteiger partial charge in [0.1, 0.15) is 0 Å². The highest BCUT2D eigenvalue weighted by Crippen LogP contribution is 2.23. The minimum Gasteiger partial charge on any atom is -0.410 e. The van der Waals surface area contributed by atoms with E-state index in [0.29, 0.717) is 12.4 Å². The van der Waals surface area contributed by atoms with Crippen LogP contribution >= 0.6 is 0 Å². The molecule has 0 unspecified atom stereocenters. The van der Waals surface area contributed by atoms with E-state index in [9.17, 15) is 4.79 Å². The number of carbonyl (C=O) groups is 1. The highest BCUT2D eigenvalue weighted by Gasteiger charge is 2.12. The summed E-state index contributed by atoms with van der Waals surface area (Å²) in [4.78, 5) is 10.5. The molecular weight excluding hydrogens is 216 g/mol. The van der Waals surface area contributed by atoms with Gasteiger partial charge in [-0.25, -0.2) is 4.68 Å². The third-order valence-electron chi connectivity index (χ3n) is 2.46. The van der Waals surface area contributed by atoms with E-state index >= 15 is 0 Å². The van der Waals surface area contributed by atoms with Gasteiger partial charge in [-0.1, -0.05) is 32.0 Å². The molecule has 4 nitrogen and oxygen atoms in total. The summed E-state index contributed by atoms with van der Waals surface area (Å²) in [5, 5.41) is 4.43. The van der Waals surface area contributed by atoms with Crippen molar-refractivity contribution >= 4 is 6.47 Å². The van der Waals surface area contributed by atoms with Crippen LogP contribution in [0.1, 0.15) is 25.5 Å². The maximum atomic E-state index is 10.5. The van der Waals surface area contributed by atoms with Gasteiger partial charge in [0.15, 0.2) is 0 Å². The molecule has 1 aromatic heterocycles. The quantitative estimate of drug-likeness (QED) is 0.758. The van der Waals surface area contributed by atoms with Crippen LogP contribution in [0.25, 0.3) is 5.69 Å². The molecule has 2 rings (SSSR count). The zero-order valence-corrected chi connectivity index (χ0v) is 9.83. The van der Waals surface area contributed by atoms with Gasteiger partial charge in [-0.3, -0.25) is 4.79 Å². The van der Waals surface area contributed by atoms with Crippen LogP contribution in [0.3, 0.4) is 0 Å². The molecular formula is C13H14N2O2. The van der Waals surface area contributed by atoms with E-state index in [1.165, 1.54) is 0 Å². The monoisotopic (exact) mass is 230 g/mol. The van der Waals surface area contributed by atoms with Gasteiger partial charge in [0.2, 0.25) is 5.88 Å². The lowest BCUT2D eigenvalue weighted by atomic mass is 10.1. The van der Waals surface area contributed by atoms with Crippen LogP contribution in [0.2, 0.25) is 0 Å². The molecule has 88 valence electrons. The molecule has 4 heteroatoms. The van der Waals surface area contributed by atoms with Gasteiger partial charge in [0.05, 0.1) is 11.4 Å². The second-order valence-corrected chi connectivity index (χ2v) is 4.02. The largest absolute Gasteiger partial charge is 0.410 e. The fourth-order valence-electron chi connectivity index (χ4n) is 1.55. The second kappa shape index (κ2) is 4.82. The molecule has 0 N–H and O–H groups in total. The Labute approximate surface area is 99.8 Å². The molecule has 0 saturated carbocycles. The topological polar surface area (TPSA) is 44.1 Å². The summed E-state index contributed by atoms with van der Waals surface area (Å²) in [7, 11) is 0. The normalized spacial score (nSPS) is 10.5. The molecule has 0 radical (unpaired) electrons. The van der Waals surface area contributed by atoms with Gasteiger partial charge < -0.3 is 4.74 Å². The Bertz CT molecular complexity index is 503. The van der Waals surface area contributed by atoms with Crippen LogP contribution in [-0.2, 0) is 4.79 Å². The summed E-state index contributed by atoms with van der Waals surface area (Å²) >= 11 is 0. The maximum absolute atomic E-state index is 10.5. The van der Waals surface area contributed by atoms with Crippen molar-refractivity contribution in [1.29, 1.82) is 0 Å². The van der Waals surface area contributed by atoms with Gasteiger partial charge in [0.25, 0.3) is 6.47 Å². The standard InChI is InChI=1S/C13H14N2O2/c1-10(2)12-8-13(17-9-16)15(14-12)11-6-4-3-5-7-11/h3-10H,1-2H3. The van der Waals surface area contributed by atoms with Crippen LogP contribution < -0.4 is 4.74 Å². The highest BCUT2D eigenvalue weighted by atomic mass is 16.5. The smallest absolute Gasteiger partial charge is 0.299 e. The molecule has 0 saturated heterocycles. The van der Waals surface area contributed by atoms with Crippen molar-refractivity contribution in [3.05, 3.63) is 42.1 Å². The Balaban J connectivity index is 2.48. The van der Waals surface area contributed by atoms with E-state index in [2.05, 4.69) is 5.10 Å². The first-order valence-corrected chi connectivity index (χ1v) is 5.48. The van der Waals surface area contributed by atoms with Crippen molar-refractivity contribution in [2.75, 3.05) is 0 Å². The van der Waals surface area contributed by atoms with E-state index in [1.807, 2.05) is 44.2 Å². The first kappa shape index (κ1) is 11.4. The Morgan fingerprint density at radius 2 is 2.00 bits per heavy atom. The van der Waals surface area contributed by atoms with Crippen molar-refractivity contribution in [2.24, 2.45) is 0 Å². The average Bonchev–Trinajstić information content (AvgIpc) is 2.75. The first-order chi connectivity index (χ1) is 8.22. The van der Waals surface area contributed by atoms with Gasteiger partial charge in [0, 0.05) is 6.07 Å². The first-order valence-electron chi connectivity index (χ1n) is 5.48. The summed E-state index contributed by atoms with van der Waals surface area (Å²) in [6.45, 7) is 4.51. The Kier molecular flexibility index (Phi) is 3.23. The van der Waals surface area contributed by atoms with E-state index in [1.54, 1.807) is 10.7 Å². The van der Waals surface area contributed by atoms with Crippen LogP contribution in [0, 0.1) is 0 Å². The molecule has 0 aliphatic rings. The zero-order chi connectivity index (χ0) is 12.3. The number of nitrogens with zero attached hydrogens (tertiary/aromatic N) is 2. The third-order valence-corrected chi connectivity index (χ3v) is 2.46. The van der Waals surface area contributed by atoms with Gasteiger partial charge in [-0.15, -0.1) is 0 Å². The van der Waals surface area contributed by atoms with Crippen LogP contribution in [0.4, 0.5) is 0 Å². The van der Waals surface area contributed by atoms with Crippen molar-refractivity contribution in [1.82, 2.24) is 9.78 Å². The molecule has 0 bridgehead atoms. The summed E-state index contributed by atoms with van der Waals surface area (Å²) in [5.41, 5.74) is 1.77. The molecule has 1 heterocycles. The third kappa shape index (κ3) is 2.36. The van der Waals surface area contributed by atoms with Crippen LogP contribution in [-0.4, -0.2) is 16.3 Å². The molecule has 17 heavy (non-hydrogen) atoms. The Morgan fingerprint density at radius 1 is 1.29 bits per heavy atom. The molecule has 0 amide bonds. The SMILES string of the molecule is CC(C)c1cc(OC=O)n(-c2ccccc2)n1. The van der Waals surface area contributed by atoms with Gasteiger partial charge >= 0.3 is 0 Å².